The highest BCUT2D eigenvalue weighted by atomic mass is 16.5. The summed E-state index contributed by atoms with van der Waals surface area (Å²) in [6.45, 7) is 6.04. The number of carbonyl (C=O) groups excluding carboxylic acids is 1. The molecule has 1 aliphatic heterocycles. The predicted octanol–water partition coefficient (Wildman–Crippen LogP) is 3.70. The number of benzene rings is 2. The zero-order valence-electron chi connectivity index (χ0n) is 14.3. The third kappa shape index (κ3) is 2.96. The molecule has 0 saturated heterocycles. The smallest absolute Gasteiger partial charge is 0.268 e. The maximum atomic E-state index is 13.0. The Balaban J connectivity index is 1.96. The number of phenols is 1. The molecule has 0 radical (unpaired) electrons. The Morgan fingerprint density at radius 2 is 1.88 bits per heavy atom. The van der Waals surface area contributed by atoms with Gasteiger partial charge in [-0.05, 0) is 43.5 Å². The Kier molecular flexibility index (Phi) is 4.47. The number of aromatic hydroxyl groups is 1. The monoisotopic (exact) mass is 325 g/mol. The lowest BCUT2D eigenvalue weighted by Crippen LogP contribution is -2.50. The van der Waals surface area contributed by atoms with E-state index in [2.05, 4.69) is 19.1 Å². The zero-order valence-corrected chi connectivity index (χ0v) is 14.3. The third-order valence-corrected chi connectivity index (χ3v) is 4.41. The molecule has 4 heteroatoms. The van der Waals surface area contributed by atoms with Crippen molar-refractivity contribution in [2.24, 2.45) is 0 Å². The molecule has 0 fully saturated rings. The van der Waals surface area contributed by atoms with Crippen LogP contribution in [0.25, 0.3) is 0 Å². The molecule has 1 aliphatic rings. The summed E-state index contributed by atoms with van der Waals surface area (Å²) in [4.78, 5) is 14.7. The normalized spacial score (nSPS) is 16.9. The number of aryl methyl sites for hydroxylation is 1. The Morgan fingerprint density at radius 1 is 1.17 bits per heavy atom. The van der Waals surface area contributed by atoms with Crippen molar-refractivity contribution >= 4 is 11.6 Å². The van der Waals surface area contributed by atoms with Gasteiger partial charge >= 0.3 is 0 Å². The quantitative estimate of drug-likeness (QED) is 0.932. The van der Waals surface area contributed by atoms with Crippen LogP contribution in [0.3, 0.4) is 0 Å². The summed E-state index contributed by atoms with van der Waals surface area (Å²) in [6.07, 6.45) is 0.930. The van der Waals surface area contributed by atoms with Crippen LogP contribution in [0.4, 0.5) is 5.69 Å². The summed E-state index contributed by atoms with van der Waals surface area (Å²) in [5.41, 5.74) is 3.01. The summed E-state index contributed by atoms with van der Waals surface area (Å²) in [7, 11) is 0. The number of rotatable bonds is 4. The van der Waals surface area contributed by atoms with E-state index in [-0.39, 0.29) is 17.7 Å². The molecular weight excluding hydrogens is 302 g/mol. The van der Waals surface area contributed by atoms with Gasteiger partial charge in [0.15, 0.2) is 6.10 Å². The summed E-state index contributed by atoms with van der Waals surface area (Å²) in [5.74, 6) is 0.708. The Morgan fingerprint density at radius 3 is 2.54 bits per heavy atom. The third-order valence-electron chi connectivity index (χ3n) is 4.41. The van der Waals surface area contributed by atoms with E-state index in [1.807, 2.05) is 26.0 Å². The first-order chi connectivity index (χ1) is 11.5. The van der Waals surface area contributed by atoms with Gasteiger partial charge in [-0.3, -0.25) is 4.79 Å². The van der Waals surface area contributed by atoms with Crippen molar-refractivity contribution in [3.05, 3.63) is 53.6 Å². The number of anilines is 1. The van der Waals surface area contributed by atoms with E-state index < -0.39 is 6.10 Å². The molecule has 3 rings (SSSR count). The SMILES string of the molecule is CCc1ccccc1CC1Oc2ccc(O)cc2N(C(C)C)C1=O. The molecular formula is C20H23NO3. The zero-order chi connectivity index (χ0) is 17.3. The van der Waals surface area contributed by atoms with Crippen LogP contribution in [0.15, 0.2) is 42.5 Å². The number of amides is 1. The number of hydrogen-bond acceptors (Lipinski definition) is 3. The van der Waals surface area contributed by atoms with Gasteiger partial charge in [-0.1, -0.05) is 31.2 Å². The molecule has 0 bridgehead atoms. The van der Waals surface area contributed by atoms with Gasteiger partial charge < -0.3 is 14.7 Å². The standard InChI is InChI=1S/C20H23NO3/c1-4-14-7-5-6-8-15(14)11-19-20(23)21(13(2)3)17-12-16(22)9-10-18(17)24-19/h5-10,12-13,19,22H,4,11H2,1-3H3. The minimum Gasteiger partial charge on any atom is -0.508 e. The lowest BCUT2D eigenvalue weighted by Gasteiger charge is -2.37. The van der Waals surface area contributed by atoms with Crippen molar-refractivity contribution in [3.63, 3.8) is 0 Å². The van der Waals surface area contributed by atoms with Crippen LogP contribution in [0, 0.1) is 0 Å². The lowest BCUT2D eigenvalue weighted by molar-refractivity contribution is -0.126. The van der Waals surface area contributed by atoms with E-state index in [4.69, 9.17) is 4.74 Å². The van der Waals surface area contributed by atoms with Crippen molar-refractivity contribution in [2.45, 2.75) is 45.8 Å². The van der Waals surface area contributed by atoms with E-state index in [0.717, 1.165) is 12.0 Å². The second-order valence-corrected chi connectivity index (χ2v) is 6.39. The fourth-order valence-corrected chi connectivity index (χ4v) is 3.23. The molecule has 1 heterocycles. The number of hydrogen-bond donors (Lipinski definition) is 1. The van der Waals surface area contributed by atoms with Crippen LogP contribution in [-0.4, -0.2) is 23.2 Å². The molecule has 1 N–H and O–H groups in total. The van der Waals surface area contributed by atoms with Crippen molar-refractivity contribution in [2.75, 3.05) is 4.90 Å². The largest absolute Gasteiger partial charge is 0.508 e. The van der Waals surface area contributed by atoms with Crippen molar-refractivity contribution in [3.8, 4) is 11.5 Å². The van der Waals surface area contributed by atoms with E-state index in [1.54, 1.807) is 23.1 Å². The molecule has 0 saturated carbocycles. The van der Waals surface area contributed by atoms with Gasteiger partial charge in [-0.25, -0.2) is 0 Å². The summed E-state index contributed by atoms with van der Waals surface area (Å²) in [6, 6.07) is 13.1. The molecule has 1 atom stereocenters. The van der Waals surface area contributed by atoms with Crippen LogP contribution >= 0.6 is 0 Å². The second-order valence-electron chi connectivity index (χ2n) is 6.39. The Labute approximate surface area is 142 Å². The van der Waals surface area contributed by atoms with Crippen LogP contribution in [0.5, 0.6) is 11.5 Å². The van der Waals surface area contributed by atoms with Crippen LogP contribution < -0.4 is 9.64 Å². The van der Waals surface area contributed by atoms with E-state index in [9.17, 15) is 9.90 Å². The summed E-state index contributed by atoms with van der Waals surface area (Å²) in [5, 5.41) is 9.75. The summed E-state index contributed by atoms with van der Waals surface area (Å²) < 4.78 is 5.98. The average Bonchev–Trinajstić information content (AvgIpc) is 2.56. The number of carbonyl (C=O) groups is 1. The van der Waals surface area contributed by atoms with Crippen LogP contribution in [-0.2, 0) is 17.6 Å². The van der Waals surface area contributed by atoms with Crippen molar-refractivity contribution in [1.82, 2.24) is 0 Å². The first-order valence-corrected chi connectivity index (χ1v) is 8.40. The van der Waals surface area contributed by atoms with Crippen molar-refractivity contribution in [1.29, 1.82) is 0 Å². The van der Waals surface area contributed by atoms with Gasteiger partial charge in [0.05, 0.1) is 5.69 Å². The highest BCUT2D eigenvalue weighted by molar-refractivity contribution is 6.00. The van der Waals surface area contributed by atoms with E-state index in [0.29, 0.717) is 17.9 Å². The lowest BCUT2D eigenvalue weighted by atomic mass is 9.98. The maximum Gasteiger partial charge on any atom is 0.268 e. The summed E-state index contributed by atoms with van der Waals surface area (Å²) >= 11 is 0. The topological polar surface area (TPSA) is 49.8 Å². The number of fused-ring (bicyclic) bond motifs is 1. The molecule has 0 aliphatic carbocycles. The van der Waals surface area contributed by atoms with Gasteiger partial charge in [0.1, 0.15) is 11.5 Å². The fraction of sp³-hybridized carbons (Fsp3) is 0.350. The molecule has 4 nitrogen and oxygen atoms in total. The number of nitrogens with zero attached hydrogens (tertiary/aromatic N) is 1. The second kappa shape index (κ2) is 6.56. The Hall–Kier alpha value is -2.49. The fourth-order valence-electron chi connectivity index (χ4n) is 3.23. The maximum absolute atomic E-state index is 13.0. The molecule has 126 valence electrons. The highest BCUT2D eigenvalue weighted by Crippen LogP contribution is 2.38. The highest BCUT2D eigenvalue weighted by Gasteiger charge is 2.36. The van der Waals surface area contributed by atoms with Gasteiger partial charge in [0, 0.05) is 18.5 Å². The Bertz CT molecular complexity index is 754. The molecule has 24 heavy (non-hydrogen) atoms. The number of ether oxygens (including phenoxy) is 1. The van der Waals surface area contributed by atoms with Crippen LogP contribution in [0.1, 0.15) is 31.9 Å². The minimum atomic E-state index is -0.544. The first-order valence-electron chi connectivity index (χ1n) is 8.40. The van der Waals surface area contributed by atoms with Gasteiger partial charge in [0.25, 0.3) is 5.91 Å². The molecule has 2 aromatic carbocycles. The minimum absolute atomic E-state index is 0.00845. The van der Waals surface area contributed by atoms with Crippen molar-refractivity contribution < 1.29 is 14.6 Å². The molecule has 2 aromatic rings. The number of phenolic OH excluding ortho intramolecular Hbond substituents is 1. The van der Waals surface area contributed by atoms with Gasteiger partial charge in [0.2, 0.25) is 0 Å². The van der Waals surface area contributed by atoms with Crippen LogP contribution in [0.2, 0.25) is 0 Å². The molecule has 0 spiro atoms. The molecule has 1 amide bonds. The van der Waals surface area contributed by atoms with E-state index in [1.165, 1.54) is 5.56 Å². The van der Waals surface area contributed by atoms with E-state index >= 15 is 0 Å². The average molecular weight is 325 g/mol. The first kappa shape index (κ1) is 16.4. The predicted molar refractivity (Wildman–Crippen MR) is 94.7 cm³/mol. The molecule has 0 aromatic heterocycles. The van der Waals surface area contributed by atoms with Gasteiger partial charge in [-0.15, -0.1) is 0 Å². The molecule has 1 unspecified atom stereocenters. The van der Waals surface area contributed by atoms with Gasteiger partial charge in [-0.2, -0.15) is 0 Å².